The molecule has 6 heteroatoms. The lowest BCUT2D eigenvalue weighted by molar-refractivity contribution is -0.137. The van der Waals surface area contributed by atoms with E-state index in [2.05, 4.69) is 10.5 Å². The Bertz CT molecular complexity index is 415. The molecular weight excluding hydrogens is 248 g/mol. The average Bonchev–Trinajstić information content (AvgIpc) is 2.78. The molecule has 19 heavy (non-hydrogen) atoms. The monoisotopic (exact) mass is 268 g/mol. The summed E-state index contributed by atoms with van der Waals surface area (Å²) in [6.45, 7) is 2.31. The Morgan fingerprint density at radius 1 is 1.26 bits per heavy atom. The van der Waals surface area contributed by atoms with Gasteiger partial charge in [-0.2, -0.15) is 0 Å². The number of aliphatic carboxylic acids is 1. The highest BCUT2D eigenvalue weighted by Gasteiger charge is 2.11. The average molecular weight is 268 g/mol. The van der Waals surface area contributed by atoms with Gasteiger partial charge >= 0.3 is 5.97 Å². The molecular formula is C13H20N2O4. The first-order valence-corrected chi connectivity index (χ1v) is 6.52. The first-order chi connectivity index (χ1) is 9.11. The van der Waals surface area contributed by atoms with E-state index >= 15 is 0 Å². The van der Waals surface area contributed by atoms with Crippen molar-refractivity contribution >= 4 is 11.9 Å². The number of carboxylic acid groups (broad SMARTS) is 1. The van der Waals surface area contributed by atoms with Crippen LogP contribution in [0.1, 0.15) is 54.6 Å². The Balaban J connectivity index is 2.01. The van der Waals surface area contributed by atoms with Gasteiger partial charge in [0.2, 0.25) is 0 Å². The Kier molecular flexibility index (Phi) is 6.63. The second kappa shape index (κ2) is 8.29. The highest BCUT2D eigenvalue weighted by atomic mass is 16.5. The molecule has 1 heterocycles. The van der Waals surface area contributed by atoms with Crippen molar-refractivity contribution < 1.29 is 19.2 Å². The van der Waals surface area contributed by atoms with Crippen LogP contribution >= 0.6 is 0 Å². The van der Waals surface area contributed by atoms with Crippen LogP contribution in [-0.4, -0.2) is 28.7 Å². The van der Waals surface area contributed by atoms with Crippen LogP contribution < -0.4 is 5.32 Å². The van der Waals surface area contributed by atoms with Crippen LogP contribution in [0.4, 0.5) is 0 Å². The molecule has 0 bridgehead atoms. The van der Waals surface area contributed by atoms with Gasteiger partial charge in [0.15, 0.2) is 0 Å². The summed E-state index contributed by atoms with van der Waals surface area (Å²) in [6.07, 6.45) is 6.17. The molecule has 0 aliphatic heterocycles. The van der Waals surface area contributed by atoms with E-state index in [4.69, 9.17) is 9.63 Å². The maximum atomic E-state index is 11.7. The van der Waals surface area contributed by atoms with Crippen molar-refractivity contribution in [2.45, 2.75) is 45.4 Å². The van der Waals surface area contributed by atoms with Gasteiger partial charge in [-0.3, -0.25) is 9.59 Å². The van der Waals surface area contributed by atoms with E-state index < -0.39 is 5.97 Å². The quantitative estimate of drug-likeness (QED) is 0.669. The first-order valence-electron chi connectivity index (χ1n) is 6.52. The molecule has 0 aliphatic carbocycles. The summed E-state index contributed by atoms with van der Waals surface area (Å²) < 4.78 is 4.82. The number of aryl methyl sites for hydroxylation is 1. The minimum Gasteiger partial charge on any atom is -0.481 e. The summed E-state index contributed by atoms with van der Waals surface area (Å²) in [5.74, 6) is -0.382. The molecule has 2 N–H and O–H groups in total. The molecule has 0 radical (unpaired) electrons. The van der Waals surface area contributed by atoms with Gasteiger partial charge in [-0.1, -0.05) is 24.4 Å². The highest BCUT2D eigenvalue weighted by Crippen LogP contribution is 2.07. The molecule has 6 nitrogen and oxygen atoms in total. The summed E-state index contributed by atoms with van der Waals surface area (Å²) in [7, 11) is 0. The summed E-state index contributed by atoms with van der Waals surface area (Å²) in [4.78, 5) is 21.9. The van der Waals surface area contributed by atoms with Crippen LogP contribution in [0.15, 0.2) is 10.7 Å². The minimum absolute atomic E-state index is 0.162. The van der Waals surface area contributed by atoms with Crippen molar-refractivity contribution in [3.63, 3.8) is 0 Å². The number of amides is 1. The van der Waals surface area contributed by atoms with Gasteiger partial charge in [0.1, 0.15) is 11.3 Å². The molecule has 1 rings (SSSR count). The van der Waals surface area contributed by atoms with Crippen molar-refractivity contribution in [3.05, 3.63) is 17.5 Å². The Morgan fingerprint density at radius 2 is 1.95 bits per heavy atom. The number of carbonyl (C=O) groups excluding carboxylic acids is 1. The SMILES string of the molecule is Cc1oncc1C(=O)NCCCCCCCC(=O)O. The third-order valence-corrected chi connectivity index (χ3v) is 2.85. The van der Waals surface area contributed by atoms with Gasteiger partial charge in [0, 0.05) is 13.0 Å². The van der Waals surface area contributed by atoms with E-state index in [-0.39, 0.29) is 12.3 Å². The maximum Gasteiger partial charge on any atom is 0.303 e. The van der Waals surface area contributed by atoms with Crippen molar-refractivity contribution in [2.24, 2.45) is 0 Å². The largest absolute Gasteiger partial charge is 0.481 e. The highest BCUT2D eigenvalue weighted by molar-refractivity contribution is 5.94. The molecule has 1 amide bonds. The van der Waals surface area contributed by atoms with Gasteiger partial charge in [-0.15, -0.1) is 0 Å². The number of hydrogen-bond donors (Lipinski definition) is 2. The summed E-state index contributed by atoms with van der Waals surface area (Å²) in [5, 5.41) is 14.8. The summed E-state index contributed by atoms with van der Waals surface area (Å²) in [5.41, 5.74) is 0.474. The molecule has 0 fully saturated rings. The van der Waals surface area contributed by atoms with Crippen molar-refractivity contribution in [2.75, 3.05) is 6.54 Å². The lowest BCUT2D eigenvalue weighted by Crippen LogP contribution is -2.24. The zero-order chi connectivity index (χ0) is 14.1. The number of unbranched alkanes of at least 4 members (excludes halogenated alkanes) is 4. The number of aromatic nitrogens is 1. The maximum absolute atomic E-state index is 11.7. The molecule has 0 atom stereocenters. The topological polar surface area (TPSA) is 92.4 Å². The molecule has 0 spiro atoms. The van der Waals surface area contributed by atoms with E-state index in [1.165, 1.54) is 6.20 Å². The van der Waals surface area contributed by atoms with Gasteiger partial charge in [-0.25, -0.2) is 0 Å². The first kappa shape index (κ1) is 15.2. The fraction of sp³-hybridized carbons (Fsp3) is 0.615. The van der Waals surface area contributed by atoms with Crippen molar-refractivity contribution in [1.29, 1.82) is 0 Å². The fourth-order valence-corrected chi connectivity index (χ4v) is 1.75. The number of nitrogens with zero attached hydrogens (tertiary/aromatic N) is 1. The standard InChI is InChI=1S/C13H20N2O4/c1-10-11(9-15-19-10)13(18)14-8-6-4-2-3-5-7-12(16)17/h9H,2-8H2,1H3,(H,14,18)(H,16,17). The van der Waals surface area contributed by atoms with Crippen molar-refractivity contribution in [1.82, 2.24) is 10.5 Å². The molecule has 1 aromatic rings. The van der Waals surface area contributed by atoms with Gasteiger partial charge in [0.05, 0.1) is 6.20 Å². The lowest BCUT2D eigenvalue weighted by Gasteiger charge is -2.03. The summed E-state index contributed by atoms with van der Waals surface area (Å²) >= 11 is 0. The molecule has 106 valence electrons. The van der Waals surface area contributed by atoms with Gasteiger partial charge < -0.3 is 14.9 Å². The second-order valence-corrected chi connectivity index (χ2v) is 4.46. The zero-order valence-corrected chi connectivity index (χ0v) is 11.1. The fourth-order valence-electron chi connectivity index (χ4n) is 1.75. The number of rotatable bonds is 9. The molecule has 0 saturated carbocycles. The third kappa shape index (κ3) is 6.03. The predicted molar refractivity (Wildman–Crippen MR) is 68.9 cm³/mol. The third-order valence-electron chi connectivity index (χ3n) is 2.85. The van der Waals surface area contributed by atoms with Crippen LogP contribution in [0.2, 0.25) is 0 Å². The molecule has 1 aromatic heterocycles. The van der Waals surface area contributed by atoms with E-state index in [1.54, 1.807) is 6.92 Å². The Morgan fingerprint density at radius 3 is 2.58 bits per heavy atom. The lowest BCUT2D eigenvalue weighted by atomic mass is 10.1. The predicted octanol–water partition coefficient (Wildman–Crippen LogP) is 2.14. The van der Waals surface area contributed by atoms with E-state index in [0.29, 0.717) is 17.9 Å². The molecule has 0 unspecified atom stereocenters. The number of carbonyl (C=O) groups is 2. The van der Waals surface area contributed by atoms with Gasteiger partial charge in [0.25, 0.3) is 5.91 Å². The van der Waals surface area contributed by atoms with Crippen LogP contribution in [0, 0.1) is 6.92 Å². The van der Waals surface area contributed by atoms with Gasteiger partial charge in [-0.05, 0) is 19.8 Å². The number of hydrogen-bond acceptors (Lipinski definition) is 4. The van der Waals surface area contributed by atoms with Crippen LogP contribution in [0.3, 0.4) is 0 Å². The van der Waals surface area contributed by atoms with Crippen LogP contribution in [0.5, 0.6) is 0 Å². The summed E-state index contributed by atoms with van der Waals surface area (Å²) in [6, 6.07) is 0. The molecule has 0 aromatic carbocycles. The smallest absolute Gasteiger partial charge is 0.303 e. The number of carboxylic acids is 1. The van der Waals surface area contributed by atoms with E-state index in [0.717, 1.165) is 32.1 Å². The molecule has 0 saturated heterocycles. The minimum atomic E-state index is -0.739. The number of nitrogens with one attached hydrogen (secondary N) is 1. The Labute approximate surface area is 112 Å². The second-order valence-electron chi connectivity index (χ2n) is 4.46. The normalized spacial score (nSPS) is 10.4. The molecule has 0 aliphatic rings. The van der Waals surface area contributed by atoms with Crippen LogP contribution in [-0.2, 0) is 4.79 Å². The van der Waals surface area contributed by atoms with E-state index in [1.807, 2.05) is 0 Å². The van der Waals surface area contributed by atoms with Crippen LogP contribution in [0.25, 0.3) is 0 Å². The Hall–Kier alpha value is -1.85. The zero-order valence-electron chi connectivity index (χ0n) is 11.1. The van der Waals surface area contributed by atoms with E-state index in [9.17, 15) is 9.59 Å². The van der Waals surface area contributed by atoms with Crippen molar-refractivity contribution in [3.8, 4) is 0 Å².